The number of hydrogen-bond acceptors (Lipinski definition) is 4. The second kappa shape index (κ2) is 8.34. The SMILES string of the molecule is C[C@@H]1CCCC[C@H]1NC(=O)C(=O)NCCN1CCOCC1. The van der Waals surface area contributed by atoms with Crippen LogP contribution in [-0.4, -0.2) is 62.1 Å². The van der Waals surface area contributed by atoms with Gasteiger partial charge in [0, 0.05) is 32.2 Å². The molecule has 0 radical (unpaired) electrons. The van der Waals surface area contributed by atoms with E-state index < -0.39 is 11.8 Å². The molecule has 2 fully saturated rings. The first kappa shape index (κ1) is 16.2. The Morgan fingerprint density at radius 3 is 2.57 bits per heavy atom. The van der Waals surface area contributed by atoms with E-state index in [0.717, 1.165) is 52.1 Å². The van der Waals surface area contributed by atoms with Crippen LogP contribution < -0.4 is 10.6 Å². The van der Waals surface area contributed by atoms with Crippen molar-refractivity contribution in [2.24, 2.45) is 5.92 Å². The molecular formula is C15H27N3O3. The van der Waals surface area contributed by atoms with Gasteiger partial charge in [-0.15, -0.1) is 0 Å². The first-order chi connectivity index (χ1) is 10.2. The van der Waals surface area contributed by atoms with Crippen LogP contribution in [0, 0.1) is 5.92 Å². The molecule has 1 aliphatic heterocycles. The molecule has 120 valence electrons. The number of hydrogen-bond donors (Lipinski definition) is 2. The summed E-state index contributed by atoms with van der Waals surface area (Å²) in [6.07, 6.45) is 4.46. The van der Waals surface area contributed by atoms with E-state index in [-0.39, 0.29) is 6.04 Å². The molecule has 6 heteroatoms. The van der Waals surface area contributed by atoms with Crippen molar-refractivity contribution in [3.63, 3.8) is 0 Å². The van der Waals surface area contributed by atoms with Gasteiger partial charge in [0.25, 0.3) is 0 Å². The number of nitrogens with one attached hydrogen (secondary N) is 2. The van der Waals surface area contributed by atoms with Crippen molar-refractivity contribution in [2.45, 2.75) is 38.6 Å². The topological polar surface area (TPSA) is 70.7 Å². The monoisotopic (exact) mass is 297 g/mol. The number of carbonyl (C=O) groups is 2. The Balaban J connectivity index is 1.63. The van der Waals surface area contributed by atoms with Crippen molar-refractivity contribution in [2.75, 3.05) is 39.4 Å². The first-order valence-corrected chi connectivity index (χ1v) is 8.05. The van der Waals surface area contributed by atoms with E-state index in [9.17, 15) is 9.59 Å². The van der Waals surface area contributed by atoms with Crippen LogP contribution >= 0.6 is 0 Å². The van der Waals surface area contributed by atoms with Gasteiger partial charge in [-0.25, -0.2) is 0 Å². The molecule has 1 saturated heterocycles. The minimum atomic E-state index is -0.513. The van der Waals surface area contributed by atoms with E-state index in [4.69, 9.17) is 4.74 Å². The third kappa shape index (κ3) is 5.28. The maximum absolute atomic E-state index is 11.9. The molecular weight excluding hydrogens is 270 g/mol. The van der Waals surface area contributed by atoms with Gasteiger partial charge in [-0.05, 0) is 18.8 Å². The Morgan fingerprint density at radius 1 is 1.14 bits per heavy atom. The molecule has 0 spiro atoms. The third-order valence-corrected chi connectivity index (χ3v) is 4.45. The molecule has 0 aromatic rings. The zero-order chi connectivity index (χ0) is 15.1. The number of carbonyl (C=O) groups excluding carboxylic acids is 2. The highest BCUT2D eigenvalue weighted by atomic mass is 16.5. The van der Waals surface area contributed by atoms with Crippen molar-refractivity contribution < 1.29 is 14.3 Å². The summed E-state index contributed by atoms with van der Waals surface area (Å²) < 4.78 is 5.27. The van der Waals surface area contributed by atoms with Crippen molar-refractivity contribution in [1.29, 1.82) is 0 Å². The zero-order valence-electron chi connectivity index (χ0n) is 12.9. The number of amides is 2. The Bertz CT molecular complexity index is 356. The van der Waals surface area contributed by atoms with Gasteiger partial charge in [-0.2, -0.15) is 0 Å². The van der Waals surface area contributed by atoms with Crippen LogP contribution in [0.2, 0.25) is 0 Å². The Kier molecular flexibility index (Phi) is 6.45. The van der Waals surface area contributed by atoms with Gasteiger partial charge in [-0.1, -0.05) is 19.8 Å². The van der Waals surface area contributed by atoms with Crippen LogP contribution in [-0.2, 0) is 14.3 Å². The van der Waals surface area contributed by atoms with E-state index in [1.165, 1.54) is 6.42 Å². The van der Waals surface area contributed by atoms with E-state index >= 15 is 0 Å². The normalized spacial score (nSPS) is 27.1. The number of morpholine rings is 1. The van der Waals surface area contributed by atoms with Gasteiger partial charge in [0.15, 0.2) is 0 Å². The van der Waals surface area contributed by atoms with E-state index in [2.05, 4.69) is 22.5 Å². The summed E-state index contributed by atoms with van der Waals surface area (Å²) in [5.74, 6) is -0.541. The summed E-state index contributed by atoms with van der Waals surface area (Å²) >= 11 is 0. The molecule has 6 nitrogen and oxygen atoms in total. The summed E-state index contributed by atoms with van der Waals surface area (Å²) in [5.41, 5.74) is 0. The van der Waals surface area contributed by atoms with E-state index in [1.807, 2.05) is 0 Å². The molecule has 21 heavy (non-hydrogen) atoms. The summed E-state index contributed by atoms with van der Waals surface area (Å²) in [6.45, 7) is 6.68. The Hall–Kier alpha value is -1.14. The minimum absolute atomic E-state index is 0.149. The van der Waals surface area contributed by atoms with Gasteiger partial charge in [0.05, 0.1) is 13.2 Å². The number of nitrogens with zero attached hydrogens (tertiary/aromatic N) is 1. The fourth-order valence-electron chi connectivity index (χ4n) is 3.00. The van der Waals surface area contributed by atoms with Crippen LogP contribution in [0.5, 0.6) is 0 Å². The second-order valence-corrected chi connectivity index (χ2v) is 6.05. The van der Waals surface area contributed by atoms with Crippen molar-refractivity contribution >= 4 is 11.8 Å². The summed E-state index contributed by atoms with van der Waals surface area (Å²) in [6, 6.07) is 0.149. The minimum Gasteiger partial charge on any atom is -0.379 e. The molecule has 0 aromatic carbocycles. The lowest BCUT2D eigenvalue weighted by atomic mass is 9.86. The number of ether oxygens (including phenoxy) is 1. The summed E-state index contributed by atoms with van der Waals surface area (Å²) in [7, 11) is 0. The zero-order valence-corrected chi connectivity index (χ0v) is 12.9. The molecule has 2 rings (SSSR count). The van der Waals surface area contributed by atoms with Crippen LogP contribution in [0.1, 0.15) is 32.6 Å². The molecule has 2 atom stereocenters. The van der Waals surface area contributed by atoms with Gasteiger partial charge in [-0.3, -0.25) is 14.5 Å². The van der Waals surface area contributed by atoms with Crippen LogP contribution in [0.3, 0.4) is 0 Å². The predicted octanol–water partition coefficient (Wildman–Crippen LogP) is 0.130. The van der Waals surface area contributed by atoms with Gasteiger partial charge in [0.2, 0.25) is 0 Å². The highest BCUT2D eigenvalue weighted by Gasteiger charge is 2.25. The van der Waals surface area contributed by atoms with Crippen molar-refractivity contribution in [3.05, 3.63) is 0 Å². The quantitative estimate of drug-likeness (QED) is 0.724. The summed E-state index contributed by atoms with van der Waals surface area (Å²) in [5, 5.41) is 5.57. The average Bonchev–Trinajstić information content (AvgIpc) is 2.50. The average molecular weight is 297 g/mol. The molecule has 2 amide bonds. The van der Waals surface area contributed by atoms with Gasteiger partial charge in [0.1, 0.15) is 0 Å². The predicted molar refractivity (Wildman–Crippen MR) is 79.8 cm³/mol. The largest absolute Gasteiger partial charge is 0.379 e. The highest BCUT2D eigenvalue weighted by Crippen LogP contribution is 2.23. The summed E-state index contributed by atoms with van der Waals surface area (Å²) in [4.78, 5) is 25.9. The lowest BCUT2D eigenvalue weighted by Gasteiger charge is -2.29. The molecule has 1 heterocycles. The van der Waals surface area contributed by atoms with Crippen LogP contribution in [0.4, 0.5) is 0 Å². The van der Waals surface area contributed by atoms with E-state index in [0.29, 0.717) is 12.5 Å². The smallest absolute Gasteiger partial charge is 0.309 e. The van der Waals surface area contributed by atoms with Crippen molar-refractivity contribution in [1.82, 2.24) is 15.5 Å². The Labute approximate surface area is 126 Å². The van der Waals surface area contributed by atoms with Crippen LogP contribution in [0.15, 0.2) is 0 Å². The second-order valence-electron chi connectivity index (χ2n) is 6.05. The molecule has 1 aliphatic carbocycles. The molecule has 0 bridgehead atoms. The fourth-order valence-corrected chi connectivity index (χ4v) is 3.00. The Morgan fingerprint density at radius 2 is 1.86 bits per heavy atom. The third-order valence-electron chi connectivity index (χ3n) is 4.45. The van der Waals surface area contributed by atoms with Crippen molar-refractivity contribution in [3.8, 4) is 0 Å². The first-order valence-electron chi connectivity index (χ1n) is 8.05. The lowest BCUT2D eigenvalue weighted by molar-refractivity contribution is -0.140. The van der Waals surface area contributed by atoms with Gasteiger partial charge >= 0.3 is 11.8 Å². The highest BCUT2D eigenvalue weighted by molar-refractivity contribution is 6.35. The maximum Gasteiger partial charge on any atom is 0.309 e. The standard InChI is InChI=1S/C15H27N3O3/c1-12-4-2-3-5-13(12)17-15(20)14(19)16-6-7-18-8-10-21-11-9-18/h12-13H,2-11H2,1H3,(H,16,19)(H,17,20)/t12-,13-/m1/s1. The van der Waals surface area contributed by atoms with Gasteiger partial charge < -0.3 is 15.4 Å². The lowest BCUT2D eigenvalue weighted by Crippen LogP contribution is -2.49. The van der Waals surface area contributed by atoms with Crippen LogP contribution in [0.25, 0.3) is 0 Å². The molecule has 0 aromatic heterocycles. The van der Waals surface area contributed by atoms with E-state index in [1.54, 1.807) is 0 Å². The maximum atomic E-state index is 11.9. The number of rotatable bonds is 4. The molecule has 2 N–H and O–H groups in total. The molecule has 0 unspecified atom stereocenters. The molecule has 1 saturated carbocycles. The molecule has 2 aliphatic rings. The fraction of sp³-hybridized carbons (Fsp3) is 0.867.